The zero-order valence-electron chi connectivity index (χ0n) is 10.9. The van der Waals surface area contributed by atoms with Gasteiger partial charge >= 0.3 is 0 Å². The van der Waals surface area contributed by atoms with E-state index in [1.165, 1.54) is 0 Å². The van der Waals surface area contributed by atoms with Crippen molar-refractivity contribution in [1.82, 2.24) is 10.1 Å². The Labute approximate surface area is 120 Å². The molecule has 0 aliphatic carbocycles. The van der Waals surface area contributed by atoms with E-state index in [0.717, 1.165) is 22.0 Å². The van der Waals surface area contributed by atoms with Crippen molar-refractivity contribution in [2.45, 2.75) is 33.1 Å². The van der Waals surface area contributed by atoms with Gasteiger partial charge in [-0.2, -0.15) is 4.98 Å². The lowest BCUT2D eigenvalue weighted by Gasteiger charge is -2.00. The second-order valence-electron chi connectivity index (χ2n) is 4.44. The van der Waals surface area contributed by atoms with Gasteiger partial charge in [-0.15, -0.1) is 0 Å². The second-order valence-corrected chi connectivity index (χ2v) is 5.35. The first-order valence-electron chi connectivity index (χ1n) is 6.21. The number of nitrogens with zero attached hydrogens (tertiary/aromatic N) is 2. The minimum Gasteiger partial charge on any atom is -0.339 e. The summed E-state index contributed by atoms with van der Waals surface area (Å²) in [5.41, 5.74) is 1.97. The van der Waals surface area contributed by atoms with Crippen molar-refractivity contribution in [3.05, 3.63) is 34.1 Å². The fourth-order valence-electron chi connectivity index (χ4n) is 1.85. The molecule has 0 amide bonds. The van der Waals surface area contributed by atoms with Gasteiger partial charge in [0.15, 0.2) is 0 Å². The minimum absolute atomic E-state index is 0.130. The second kappa shape index (κ2) is 6.10. The lowest BCUT2D eigenvalue weighted by Crippen LogP contribution is -2.01. The van der Waals surface area contributed by atoms with Gasteiger partial charge in [0.05, 0.1) is 6.42 Å². The Hall–Kier alpha value is -1.49. The summed E-state index contributed by atoms with van der Waals surface area (Å²) in [6.45, 7) is 3.96. The smallest absolute Gasteiger partial charge is 0.234 e. The van der Waals surface area contributed by atoms with Crippen molar-refractivity contribution >= 4 is 21.7 Å². The summed E-state index contributed by atoms with van der Waals surface area (Å²) in [5, 5.41) is 3.94. The number of halogens is 1. The quantitative estimate of drug-likeness (QED) is 0.841. The number of hydrogen-bond donors (Lipinski definition) is 0. The van der Waals surface area contributed by atoms with Crippen LogP contribution >= 0.6 is 15.9 Å². The normalized spacial score (nSPS) is 10.7. The van der Waals surface area contributed by atoms with E-state index in [-0.39, 0.29) is 12.2 Å². The van der Waals surface area contributed by atoms with Crippen molar-refractivity contribution in [3.8, 4) is 11.4 Å². The minimum atomic E-state index is 0.130. The number of ketones is 1. The van der Waals surface area contributed by atoms with Crippen LogP contribution in [0.4, 0.5) is 0 Å². The van der Waals surface area contributed by atoms with E-state index in [2.05, 4.69) is 26.1 Å². The third-order valence-electron chi connectivity index (χ3n) is 2.77. The Morgan fingerprint density at radius 1 is 1.42 bits per heavy atom. The Morgan fingerprint density at radius 2 is 2.21 bits per heavy atom. The van der Waals surface area contributed by atoms with Crippen LogP contribution in [-0.4, -0.2) is 15.9 Å². The first-order chi connectivity index (χ1) is 9.10. The van der Waals surface area contributed by atoms with Gasteiger partial charge in [0.2, 0.25) is 11.7 Å². The van der Waals surface area contributed by atoms with E-state index in [4.69, 9.17) is 4.52 Å². The molecule has 0 N–H and O–H groups in total. The van der Waals surface area contributed by atoms with Crippen LogP contribution in [0.15, 0.2) is 27.2 Å². The standard InChI is InChI=1S/C14H15BrN2O2/c1-3-4-11(18)8-13-16-14(17-19-13)12-6-5-10(15)7-9(12)2/h5-7H,3-4,8H2,1-2H3. The van der Waals surface area contributed by atoms with Gasteiger partial charge in [0, 0.05) is 16.5 Å². The van der Waals surface area contributed by atoms with Crippen molar-refractivity contribution in [3.63, 3.8) is 0 Å². The van der Waals surface area contributed by atoms with Crippen molar-refractivity contribution in [2.75, 3.05) is 0 Å². The Kier molecular flexibility index (Phi) is 4.47. The molecule has 5 heteroatoms. The van der Waals surface area contributed by atoms with Crippen LogP contribution in [0.5, 0.6) is 0 Å². The zero-order chi connectivity index (χ0) is 13.8. The number of benzene rings is 1. The monoisotopic (exact) mass is 322 g/mol. The van der Waals surface area contributed by atoms with Crippen LogP contribution in [0.3, 0.4) is 0 Å². The summed E-state index contributed by atoms with van der Waals surface area (Å²) in [5.74, 6) is 1.05. The first kappa shape index (κ1) is 13.9. The number of carbonyl (C=O) groups excluding carboxylic acids is 1. The summed E-state index contributed by atoms with van der Waals surface area (Å²) >= 11 is 3.42. The van der Waals surface area contributed by atoms with Crippen LogP contribution in [0.1, 0.15) is 31.2 Å². The number of Topliss-reactive ketones (excluding diaryl/α,β-unsaturated/α-hetero) is 1. The van der Waals surface area contributed by atoms with Gasteiger partial charge in [-0.25, -0.2) is 0 Å². The molecule has 0 aliphatic heterocycles. The lowest BCUT2D eigenvalue weighted by atomic mass is 10.1. The molecule has 1 aromatic heterocycles. The summed E-state index contributed by atoms with van der Waals surface area (Å²) in [4.78, 5) is 15.8. The average molecular weight is 323 g/mol. The zero-order valence-corrected chi connectivity index (χ0v) is 12.5. The SMILES string of the molecule is CCCC(=O)Cc1nc(-c2ccc(Br)cc2C)no1. The van der Waals surface area contributed by atoms with Gasteiger partial charge < -0.3 is 4.52 Å². The van der Waals surface area contributed by atoms with E-state index >= 15 is 0 Å². The average Bonchev–Trinajstić information content (AvgIpc) is 2.77. The largest absolute Gasteiger partial charge is 0.339 e. The highest BCUT2D eigenvalue weighted by Gasteiger charge is 2.13. The van der Waals surface area contributed by atoms with Gasteiger partial charge in [0.1, 0.15) is 5.78 Å². The van der Waals surface area contributed by atoms with E-state index in [1.807, 2.05) is 32.0 Å². The summed E-state index contributed by atoms with van der Waals surface area (Å²) in [7, 11) is 0. The number of hydrogen-bond acceptors (Lipinski definition) is 4. The first-order valence-corrected chi connectivity index (χ1v) is 7.00. The molecule has 100 valence electrons. The van der Waals surface area contributed by atoms with E-state index < -0.39 is 0 Å². The van der Waals surface area contributed by atoms with Gasteiger partial charge in [-0.1, -0.05) is 28.0 Å². The lowest BCUT2D eigenvalue weighted by molar-refractivity contribution is -0.118. The summed E-state index contributed by atoms with van der Waals surface area (Å²) in [6, 6.07) is 5.86. The van der Waals surface area contributed by atoms with Crippen LogP contribution in [0.2, 0.25) is 0 Å². The maximum absolute atomic E-state index is 11.5. The molecule has 1 aromatic carbocycles. The van der Waals surface area contributed by atoms with Crippen LogP contribution < -0.4 is 0 Å². The highest BCUT2D eigenvalue weighted by atomic mass is 79.9. The fraction of sp³-hybridized carbons (Fsp3) is 0.357. The summed E-state index contributed by atoms with van der Waals surface area (Å²) in [6.07, 6.45) is 1.61. The number of aryl methyl sites for hydroxylation is 1. The Bertz CT molecular complexity index is 593. The highest BCUT2D eigenvalue weighted by molar-refractivity contribution is 9.10. The van der Waals surface area contributed by atoms with Gasteiger partial charge in [-0.05, 0) is 37.1 Å². The molecular weight excluding hydrogens is 308 g/mol. The molecule has 0 saturated carbocycles. The molecule has 0 atom stereocenters. The third-order valence-corrected chi connectivity index (χ3v) is 3.27. The van der Waals surface area contributed by atoms with Crippen molar-refractivity contribution in [1.29, 1.82) is 0 Å². The number of rotatable bonds is 5. The topological polar surface area (TPSA) is 56.0 Å². The molecule has 0 aliphatic rings. The van der Waals surface area contributed by atoms with Crippen molar-refractivity contribution < 1.29 is 9.32 Å². The molecule has 1 heterocycles. The van der Waals surface area contributed by atoms with Crippen molar-refractivity contribution in [2.24, 2.45) is 0 Å². The molecule has 0 fully saturated rings. The molecule has 0 spiro atoms. The van der Waals surface area contributed by atoms with E-state index in [9.17, 15) is 4.79 Å². The Balaban J connectivity index is 2.18. The van der Waals surface area contributed by atoms with Crippen LogP contribution in [0.25, 0.3) is 11.4 Å². The maximum atomic E-state index is 11.5. The molecule has 0 radical (unpaired) electrons. The molecule has 0 unspecified atom stereocenters. The maximum Gasteiger partial charge on any atom is 0.234 e. The Morgan fingerprint density at radius 3 is 2.89 bits per heavy atom. The fourth-order valence-corrected chi connectivity index (χ4v) is 2.33. The summed E-state index contributed by atoms with van der Waals surface area (Å²) < 4.78 is 6.14. The molecule has 0 bridgehead atoms. The molecule has 0 saturated heterocycles. The van der Waals surface area contributed by atoms with Crippen LogP contribution in [0, 0.1) is 6.92 Å². The van der Waals surface area contributed by atoms with Gasteiger partial charge in [0.25, 0.3) is 0 Å². The molecule has 19 heavy (non-hydrogen) atoms. The molecule has 2 aromatic rings. The van der Waals surface area contributed by atoms with E-state index in [0.29, 0.717) is 18.1 Å². The number of carbonyl (C=O) groups is 1. The van der Waals surface area contributed by atoms with E-state index in [1.54, 1.807) is 0 Å². The molecule has 4 nitrogen and oxygen atoms in total. The molecular formula is C14H15BrN2O2. The molecule has 2 rings (SSSR count). The predicted molar refractivity (Wildman–Crippen MR) is 75.8 cm³/mol. The highest BCUT2D eigenvalue weighted by Crippen LogP contribution is 2.24. The third kappa shape index (κ3) is 3.50. The van der Waals surface area contributed by atoms with Gasteiger partial charge in [-0.3, -0.25) is 4.79 Å². The predicted octanol–water partition coefficient (Wildman–Crippen LogP) is 3.72. The van der Waals surface area contributed by atoms with Crippen LogP contribution in [-0.2, 0) is 11.2 Å². The number of aromatic nitrogens is 2.